The number of halogens is 3. The number of nitrogens with zero attached hydrogens (tertiary/aromatic N) is 1. The Morgan fingerprint density at radius 2 is 1.76 bits per heavy atom. The van der Waals surface area contributed by atoms with E-state index in [1.54, 1.807) is 24.3 Å². The van der Waals surface area contributed by atoms with Crippen molar-refractivity contribution >= 4 is 11.8 Å². The number of hydrogen-bond acceptors (Lipinski definition) is 2. The summed E-state index contributed by atoms with van der Waals surface area (Å²) in [6.45, 7) is 19.0. The van der Waals surface area contributed by atoms with Crippen LogP contribution in [0.2, 0.25) is 0 Å². The fourth-order valence-electron chi connectivity index (χ4n) is 3.30. The van der Waals surface area contributed by atoms with Crippen LogP contribution in [0.1, 0.15) is 71.2 Å². The first-order chi connectivity index (χ1) is 16.0. The van der Waals surface area contributed by atoms with Crippen molar-refractivity contribution in [2.45, 2.75) is 85.7 Å². The molecule has 0 aliphatic rings. The number of rotatable bonds is 10. The summed E-state index contributed by atoms with van der Waals surface area (Å²) in [4.78, 5) is 0.475. The van der Waals surface area contributed by atoms with E-state index in [1.165, 1.54) is 17.8 Å². The van der Waals surface area contributed by atoms with Gasteiger partial charge in [0.1, 0.15) is 0 Å². The lowest BCUT2D eigenvalue weighted by Gasteiger charge is -2.16. The molecule has 0 aliphatic carbocycles. The van der Waals surface area contributed by atoms with Gasteiger partial charge in [-0.1, -0.05) is 82.5 Å². The summed E-state index contributed by atoms with van der Waals surface area (Å²) in [5.41, 5.74) is 3.02. The molecule has 0 fully saturated rings. The third-order valence-corrected chi connectivity index (χ3v) is 6.03. The number of alkyl halides is 3. The van der Waals surface area contributed by atoms with Gasteiger partial charge in [-0.3, -0.25) is 0 Å². The molecule has 0 bridgehead atoms. The van der Waals surface area contributed by atoms with Gasteiger partial charge in [0.15, 0.2) is 0 Å². The predicted octanol–water partition coefficient (Wildman–Crippen LogP) is 9.19. The van der Waals surface area contributed by atoms with Crippen molar-refractivity contribution in [2.75, 3.05) is 0 Å². The monoisotopic (exact) mass is 495 g/mol. The molecule has 2 nitrogen and oxygen atoms in total. The molecule has 0 aromatic carbocycles. The molecule has 34 heavy (non-hydrogen) atoms. The Morgan fingerprint density at radius 1 is 1.15 bits per heavy atom. The summed E-state index contributed by atoms with van der Waals surface area (Å²) in [5, 5.41) is 10.9. The highest BCUT2D eigenvalue weighted by Gasteiger charge is 2.30. The lowest BCUT2D eigenvalue weighted by atomic mass is 10.0. The Balaban J connectivity index is 0.00000529. The molecule has 0 unspecified atom stereocenters. The lowest BCUT2D eigenvalue weighted by molar-refractivity contribution is -0.0913. The first-order valence-corrected chi connectivity index (χ1v) is 12.4. The molecule has 0 amide bonds. The third-order valence-electron chi connectivity index (χ3n) is 4.90. The minimum atomic E-state index is -4.39. The standard InChI is InChI=1S/C26H34F3NOS.C2H6/c1-8-11-14-22(15-19(6)26(27,28)29)32-25-24(18(4)5)23(17-31)20(7)30(25)16-21(12-9-2)13-10-3;1-2/h8-15,18,31H,2,16-17H2,1,3-7H3;1-2H3/b11-8-,13-10-,19-15+,21-12+,22-14+;. The second kappa shape index (κ2) is 15.7. The maximum Gasteiger partial charge on any atom is 0.412 e. The number of aromatic nitrogens is 1. The molecule has 1 aromatic rings. The van der Waals surface area contributed by atoms with E-state index < -0.39 is 11.7 Å². The van der Waals surface area contributed by atoms with Crippen molar-refractivity contribution in [3.05, 3.63) is 88.1 Å². The van der Waals surface area contributed by atoms with Crippen LogP contribution >= 0.6 is 11.8 Å². The van der Waals surface area contributed by atoms with E-state index in [0.29, 0.717) is 11.4 Å². The second-order valence-corrected chi connectivity index (χ2v) is 8.74. The SMILES string of the molecule is C=C/C=C(\C=C/C)Cn1c(C)c(CO)c(C(C)C)c1SC(=C/C=C\C)/C=C(\C)C(F)(F)F.CC. The van der Waals surface area contributed by atoms with E-state index in [1.807, 2.05) is 66.7 Å². The molecule has 1 heterocycles. The third kappa shape index (κ3) is 9.22. The molecule has 0 saturated heterocycles. The van der Waals surface area contributed by atoms with Gasteiger partial charge in [0, 0.05) is 28.3 Å². The summed E-state index contributed by atoms with van der Waals surface area (Å²) in [7, 11) is 0. The maximum atomic E-state index is 13.2. The van der Waals surface area contributed by atoms with Crippen LogP contribution in [0.4, 0.5) is 13.2 Å². The van der Waals surface area contributed by atoms with Crippen LogP contribution in [0.5, 0.6) is 0 Å². The first-order valence-electron chi connectivity index (χ1n) is 11.5. The Bertz CT molecular complexity index is 942. The number of allylic oxidation sites excluding steroid dienone is 10. The number of aliphatic hydroxyl groups excluding tert-OH is 1. The highest BCUT2D eigenvalue weighted by Crippen LogP contribution is 2.41. The van der Waals surface area contributed by atoms with Gasteiger partial charge in [-0.15, -0.1) is 0 Å². The van der Waals surface area contributed by atoms with Gasteiger partial charge in [-0.05, 0) is 56.9 Å². The number of aliphatic hydroxyl groups is 1. The molecule has 190 valence electrons. The largest absolute Gasteiger partial charge is 0.412 e. The zero-order chi connectivity index (χ0) is 26.5. The summed E-state index contributed by atoms with van der Waals surface area (Å²) in [6.07, 6.45) is 9.51. The molecule has 0 radical (unpaired) electrons. The van der Waals surface area contributed by atoms with Crippen LogP contribution in [0, 0.1) is 6.92 Å². The van der Waals surface area contributed by atoms with Crippen molar-refractivity contribution in [3.63, 3.8) is 0 Å². The van der Waals surface area contributed by atoms with Crippen molar-refractivity contribution in [1.82, 2.24) is 4.57 Å². The molecular weight excluding hydrogens is 455 g/mol. The van der Waals surface area contributed by atoms with Gasteiger partial charge in [0.05, 0.1) is 11.6 Å². The minimum absolute atomic E-state index is 0.0869. The molecule has 0 spiro atoms. The molecule has 0 saturated carbocycles. The van der Waals surface area contributed by atoms with Gasteiger partial charge >= 0.3 is 6.18 Å². The van der Waals surface area contributed by atoms with Crippen LogP contribution in [-0.2, 0) is 13.2 Å². The average molecular weight is 496 g/mol. The summed E-state index contributed by atoms with van der Waals surface area (Å²) in [5.74, 6) is 0.0869. The van der Waals surface area contributed by atoms with Gasteiger partial charge in [-0.2, -0.15) is 13.2 Å². The average Bonchev–Trinajstić information content (AvgIpc) is 3.03. The van der Waals surface area contributed by atoms with Crippen LogP contribution < -0.4 is 0 Å². The zero-order valence-electron chi connectivity index (χ0n) is 21.8. The van der Waals surface area contributed by atoms with Gasteiger partial charge in [0.2, 0.25) is 0 Å². The van der Waals surface area contributed by atoms with Crippen LogP contribution in [0.3, 0.4) is 0 Å². The number of hydrogen-bond donors (Lipinski definition) is 1. The van der Waals surface area contributed by atoms with Gasteiger partial charge < -0.3 is 9.67 Å². The topological polar surface area (TPSA) is 25.2 Å². The fraction of sp³-hybridized carbons (Fsp3) is 0.429. The van der Waals surface area contributed by atoms with E-state index in [9.17, 15) is 18.3 Å². The van der Waals surface area contributed by atoms with Crippen molar-refractivity contribution in [2.24, 2.45) is 0 Å². The summed E-state index contributed by atoms with van der Waals surface area (Å²) in [6, 6.07) is 0. The smallest absolute Gasteiger partial charge is 0.392 e. The molecule has 0 atom stereocenters. The zero-order valence-corrected chi connectivity index (χ0v) is 22.6. The quantitative estimate of drug-likeness (QED) is 0.258. The molecule has 1 aromatic heterocycles. The van der Waals surface area contributed by atoms with Gasteiger partial charge in [-0.25, -0.2) is 0 Å². The summed E-state index contributed by atoms with van der Waals surface area (Å²) >= 11 is 1.29. The van der Waals surface area contributed by atoms with E-state index in [2.05, 4.69) is 11.1 Å². The van der Waals surface area contributed by atoms with Crippen LogP contribution in [-0.4, -0.2) is 15.8 Å². The fourth-order valence-corrected chi connectivity index (χ4v) is 4.68. The Labute approximate surface area is 208 Å². The minimum Gasteiger partial charge on any atom is -0.392 e. The molecule has 1 N–H and O–H groups in total. The van der Waals surface area contributed by atoms with Crippen molar-refractivity contribution in [3.8, 4) is 0 Å². The van der Waals surface area contributed by atoms with E-state index in [0.717, 1.165) is 34.3 Å². The first kappa shape index (κ1) is 31.8. The van der Waals surface area contributed by atoms with Gasteiger partial charge in [0.25, 0.3) is 0 Å². The molecule has 0 aliphatic heterocycles. The van der Waals surface area contributed by atoms with E-state index >= 15 is 0 Å². The Morgan fingerprint density at radius 3 is 2.21 bits per heavy atom. The molecule has 6 heteroatoms. The lowest BCUT2D eigenvalue weighted by Crippen LogP contribution is -2.09. The highest BCUT2D eigenvalue weighted by molar-refractivity contribution is 8.03. The number of thioether (sulfide) groups is 1. The van der Waals surface area contributed by atoms with E-state index in [-0.39, 0.29) is 12.5 Å². The predicted molar refractivity (Wildman–Crippen MR) is 142 cm³/mol. The molecule has 1 rings (SSSR count). The van der Waals surface area contributed by atoms with Crippen LogP contribution in [0.15, 0.2) is 76.3 Å². The van der Waals surface area contributed by atoms with Crippen molar-refractivity contribution in [1.29, 1.82) is 0 Å². The Kier molecular flexibility index (Phi) is 14.7. The normalized spacial score (nSPS) is 13.7. The Hall–Kier alpha value is -2.18. The molecular formula is C28H40F3NOS. The second-order valence-electron chi connectivity index (χ2n) is 7.68. The van der Waals surface area contributed by atoms with E-state index in [4.69, 9.17) is 0 Å². The van der Waals surface area contributed by atoms with Crippen LogP contribution in [0.25, 0.3) is 0 Å². The highest BCUT2D eigenvalue weighted by atomic mass is 32.2. The maximum absolute atomic E-state index is 13.2. The summed E-state index contributed by atoms with van der Waals surface area (Å²) < 4.78 is 41.8. The van der Waals surface area contributed by atoms with Crippen molar-refractivity contribution < 1.29 is 18.3 Å².